The lowest BCUT2D eigenvalue weighted by Gasteiger charge is -2.13. The molecule has 1 fully saturated rings. The average molecular weight is 355 g/mol. The van der Waals surface area contributed by atoms with Crippen LogP contribution in [0.5, 0.6) is 5.75 Å². The van der Waals surface area contributed by atoms with Crippen LogP contribution in [0.15, 0.2) is 30.3 Å². The number of halogens is 3. The molecule has 3 nitrogen and oxygen atoms in total. The molecule has 120 valence electrons. The highest BCUT2D eigenvalue weighted by Gasteiger charge is 2.28. The predicted octanol–water partition coefficient (Wildman–Crippen LogP) is 5.29. The predicted molar refractivity (Wildman–Crippen MR) is 86.1 cm³/mol. The molecule has 0 aliphatic heterocycles. The van der Waals surface area contributed by atoms with Crippen molar-refractivity contribution in [2.45, 2.75) is 25.4 Å². The molecule has 0 saturated heterocycles. The van der Waals surface area contributed by atoms with Crippen LogP contribution in [-0.2, 0) is 6.61 Å². The highest BCUT2D eigenvalue weighted by Crippen LogP contribution is 2.42. The maximum Gasteiger partial charge on any atom is 0.338 e. The van der Waals surface area contributed by atoms with Gasteiger partial charge in [-0.3, -0.25) is 0 Å². The lowest BCUT2D eigenvalue weighted by Crippen LogP contribution is -2.07. The van der Waals surface area contributed by atoms with Gasteiger partial charge in [0, 0.05) is 6.07 Å². The standard InChI is InChI=1S/C17H13Cl2FO3/c18-14-4-3-11(6-15(14)19)23-8-10-5-16(20)13(17(21)22)7-12(10)9-1-2-9/h3-7,9H,1-2,8H2,(H,21,22). The van der Waals surface area contributed by atoms with Gasteiger partial charge in [-0.15, -0.1) is 0 Å². The topological polar surface area (TPSA) is 46.5 Å². The van der Waals surface area contributed by atoms with Gasteiger partial charge in [-0.05, 0) is 54.2 Å². The Morgan fingerprint density at radius 3 is 2.57 bits per heavy atom. The number of rotatable bonds is 5. The summed E-state index contributed by atoms with van der Waals surface area (Å²) < 4.78 is 19.6. The minimum Gasteiger partial charge on any atom is -0.489 e. The lowest BCUT2D eigenvalue weighted by molar-refractivity contribution is 0.0691. The quantitative estimate of drug-likeness (QED) is 0.793. The van der Waals surface area contributed by atoms with Crippen molar-refractivity contribution >= 4 is 29.2 Å². The normalized spacial score (nSPS) is 13.9. The molecule has 23 heavy (non-hydrogen) atoms. The zero-order chi connectivity index (χ0) is 16.6. The Morgan fingerprint density at radius 2 is 1.96 bits per heavy atom. The van der Waals surface area contributed by atoms with Gasteiger partial charge in [-0.2, -0.15) is 0 Å². The molecule has 3 rings (SSSR count). The fraction of sp³-hybridized carbons (Fsp3) is 0.235. The number of hydrogen-bond acceptors (Lipinski definition) is 2. The number of ether oxygens (including phenoxy) is 1. The lowest BCUT2D eigenvalue weighted by atomic mass is 10.00. The molecule has 0 heterocycles. The van der Waals surface area contributed by atoms with Gasteiger partial charge in [0.2, 0.25) is 0 Å². The van der Waals surface area contributed by atoms with Gasteiger partial charge in [-0.25, -0.2) is 9.18 Å². The Bertz CT molecular complexity index is 773. The summed E-state index contributed by atoms with van der Waals surface area (Å²) in [4.78, 5) is 11.1. The zero-order valence-corrected chi connectivity index (χ0v) is 13.5. The van der Waals surface area contributed by atoms with E-state index < -0.39 is 11.8 Å². The van der Waals surface area contributed by atoms with Crippen molar-refractivity contribution in [1.29, 1.82) is 0 Å². The second kappa shape index (κ2) is 6.38. The Hall–Kier alpha value is -1.78. The van der Waals surface area contributed by atoms with E-state index in [4.69, 9.17) is 33.0 Å². The summed E-state index contributed by atoms with van der Waals surface area (Å²) in [7, 11) is 0. The summed E-state index contributed by atoms with van der Waals surface area (Å²) in [6.45, 7) is 0.139. The van der Waals surface area contributed by atoms with Crippen molar-refractivity contribution in [2.75, 3.05) is 0 Å². The molecular formula is C17H13Cl2FO3. The van der Waals surface area contributed by atoms with Gasteiger partial charge in [0.25, 0.3) is 0 Å². The first-order chi connectivity index (χ1) is 11.0. The van der Waals surface area contributed by atoms with Crippen molar-refractivity contribution in [1.82, 2.24) is 0 Å². The molecule has 0 aromatic heterocycles. The minimum atomic E-state index is -1.26. The van der Waals surface area contributed by atoms with Crippen LogP contribution < -0.4 is 4.74 Å². The van der Waals surface area contributed by atoms with Crippen molar-refractivity contribution in [2.24, 2.45) is 0 Å². The molecule has 0 atom stereocenters. The van der Waals surface area contributed by atoms with Crippen LogP contribution in [0.25, 0.3) is 0 Å². The summed E-state index contributed by atoms with van der Waals surface area (Å²) in [5.41, 5.74) is 1.19. The largest absolute Gasteiger partial charge is 0.489 e. The van der Waals surface area contributed by atoms with Crippen molar-refractivity contribution < 1.29 is 19.0 Å². The van der Waals surface area contributed by atoms with E-state index in [1.54, 1.807) is 18.2 Å². The van der Waals surface area contributed by atoms with Gasteiger partial charge in [0.1, 0.15) is 18.2 Å². The molecule has 0 amide bonds. The minimum absolute atomic E-state index is 0.139. The summed E-state index contributed by atoms with van der Waals surface area (Å²) in [6, 6.07) is 7.54. The molecule has 1 N–H and O–H groups in total. The highest BCUT2D eigenvalue weighted by atomic mass is 35.5. The molecule has 1 aliphatic carbocycles. The van der Waals surface area contributed by atoms with Crippen LogP contribution >= 0.6 is 23.2 Å². The number of carbonyl (C=O) groups is 1. The SMILES string of the molecule is O=C(O)c1cc(C2CC2)c(COc2ccc(Cl)c(Cl)c2)cc1F. The van der Waals surface area contributed by atoms with E-state index in [1.807, 2.05) is 0 Å². The van der Waals surface area contributed by atoms with Gasteiger partial charge in [0.05, 0.1) is 15.6 Å². The molecule has 2 aromatic carbocycles. The summed E-state index contributed by atoms with van der Waals surface area (Å²) in [6.07, 6.45) is 1.95. The smallest absolute Gasteiger partial charge is 0.338 e. The number of benzene rings is 2. The first kappa shape index (κ1) is 16.1. The van der Waals surface area contributed by atoms with E-state index in [-0.39, 0.29) is 18.1 Å². The number of hydrogen-bond donors (Lipinski definition) is 1. The van der Waals surface area contributed by atoms with Crippen LogP contribution in [0.2, 0.25) is 10.0 Å². The molecular weight excluding hydrogens is 342 g/mol. The molecule has 0 spiro atoms. The van der Waals surface area contributed by atoms with Crippen LogP contribution in [0.1, 0.15) is 40.2 Å². The van der Waals surface area contributed by atoms with Gasteiger partial charge >= 0.3 is 5.97 Å². The van der Waals surface area contributed by atoms with E-state index in [9.17, 15) is 9.18 Å². The fourth-order valence-corrected chi connectivity index (χ4v) is 2.71. The third kappa shape index (κ3) is 3.59. The van der Waals surface area contributed by atoms with Gasteiger partial charge in [-0.1, -0.05) is 23.2 Å². The highest BCUT2D eigenvalue weighted by molar-refractivity contribution is 6.42. The first-order valence-electron chi connectivity index (χ1n) is 7.09. The molecule has 0 radical (unpaired) electrons. The molecule has 2 aromatic rings. The van der Waals surface area contributed by atoms with E-state index in [2.05, 4.69) is 0 Å². The Kier molecular flexibility index (Phi) is 4.46. The monoisotopic (exact) mass is 354 g/mol. The Labute approximate surface area is 142 Å². The van der Waals surface area contributed by atoms with Crippen LogP contribution in [0.4, 0.5) is 4.39 Å². The number of carboxylic acid groups (broad SMARTS) is 1. The third-order valence-electron chi connectivity index (χ3n) is 3.76. The molecule has 1 saturated carbocycles. The molecule has 0 unspecified atom stereocenters. The van der Waals surface area contributed by atoms with Gasteiger partial charge < -0.3 is 9.84 Å². The molecule has 1 aliphatic rings. The van der Waals surface area contributed by atoms with Crippen molar-refractivity contribution in [3.8, 4) is 5.75 Å². The van der Waals surface area contributed by atoms with Crippen LogP contribution in [0, 0.1) is 5.82 Å². The van der Waals surface area contributed by atoms with Crippen LogP contribution in [0.3, 0.4) is 0 Å². The van der Waals surface area contributed by atoms with Gasteiger partial charge in [0.15, 0.2) is 0 Å². The average Bonchev–Trinajstić information content (AvgIpc) is 3.33. The second-order valence-electron chi connectivity index (χ2n) is 5.47. The fourth-order valence-electron chi connectivity index (χ4n) is 2.42. The zero-order valence-electron chi connectivity index (χ0n) is 12.0. The van der Waals surface area contributed by atoms with E-state index in [0.717, 1.165) is 18.4 Å². The molecule has 6 heteroatoms. The summed E-state index contributed by atoms with van der Waals surface area (Å²) >= 11 is 11.8. The molecule has 0 bridgehead atoms. The maximum atomic E-state index is 13.9. The van der Waals surface area contributed by atoms with E-state index >= 15 is 0 Å². The summed E-state index contributed by atoms with van der Waals surface area (Å²) in [5.74, 6) is -1.22. The van der Waals surface area contributed by atoms with E-state index in [1.165, 1.54) is 12.1 Å². The number of aromatic carboxylic acids is 1. The van der Waals surface area contributed by atoms with Crippen LogP contribution in [-0.4, -0.2) is 11.1 Å². The summed E-state index contributed by atoms with van der Waals surface area (Å²) in [5, 5.41) is 9.85. The second-order valence-corrected chi connectivity index (χ2v) is 6.29. The third-order valence-corrected chi connectivity index (χ3v) is 4.50. The van der Waals surface area contributed by atoms with Crippen molar-refractivity contribution in [3.63, 3.8) is 0 Å². The van der Waals surface area contributed by atoms with E-state index in [0.29, 0.717) is 21.4 Å². The Morgan fingerprint density at radius 1 is 1.22 bits per heavy atom. The number of carboxylic acids is 1. The first-order valence-corrected chi connectivity index (χ1v) is 7.84. The van der Waals surface area contributed by atoms with Crippen molar-refractivity contribution in [3.05, 3.63) is 62.9 Å². The Balaban J connectivity index is 1.85. The maximum absolute atomic E-state index is 13.9.